The third kappa shape index (κ3) is 3.55. The number of ether oxygens (including phenoxy) is 2. The van der Waals surface area contributed by atoms with Crippen LogP contribution >= 0.6 is 0 Å². The Morgan fingerprint density at radius 3 is 2.19 bits per heavy atom. The SMILES string of the molecule is CC1(C)CC[Si]2(Cc3cc4c5ccccc5n(-c5ccccc5)c4cc3C2)c2cc3c(cc21)B1c2ccccc2Oc2cccc(c21)O3. The van der Waals surface area contributed by atoms with E-state index in [0.717, 1.165) is 28.5 Å². The molecular formula is C43H34BNO2Si. The molecule has 0 radical (unpaired) electrons. The molecule has 0 N–H and O–H groups in total. The summed E-state index contributed by atoms with van der Waals surface area (Å²) in [6.07, 6.45) is 1.23. The van der Waals surface area contributed by atoms with Gasteiger partial charge in [-0.25, -0.2) is 0 Å². The Balaban J connectivity index is 1.09. The summed E-state index contributed by atoms with van der Waals surface area (Å²) in [5, 5.41) is 4.33. The lowest BCUT2D eigenvalue weighted by molar-refractivity contribution is 0.463. The molecule has 11 rings (SSSR count). The molecular weight excluding hydrogens is 601 g/mol. The second kappa shape index (κ2) is 9.33. The van der Waals surface area contributed by atoms with Crippen LogP contribution in [-0.2, 0) is 17.5 Å². The highest BCUT2D eigenvalue weighted by Crippen LogP contribution is 2.46. The van der Waals surface area contributed by atoms with Crippen molar-refractivity contribution in [3.05, 3.63) is 138 Å². The number of fused-ring (bicyclic) bond motifs is 10. The molecule has 0 bridgehead atoms. The van der Waals surface area contributed by atoms with E-state index in [2.05, 4.69) is 140 Å². The first-order valence-electron chi connectivity index (χ1n) is 17.3. The van der Waals surface area contributed by atoms with E-state index in [9.17, 15) is 0 Å². The van der Waals surface area contributed by atoms with Crippen molar-refractivity contribution in [1.29, 1.82) is 0 Å². The fraction of sp³-hybridized carbons (Fsp3) is 0.163. The van der Waals surface area contributed by atoms with Gasteiger partial charge in [-0.1, -0.05) is 91.8 Å². The number of aromatic nitrogens is 1. The predicted molar refractivity (Wildman–Crippen MR) is 200 cm³/mol. The van der Waals surface area contributed by atoms with Gasteiger partial charge in [0.05, 0.1) is 19.1 Å². The van der Waals surface area contributed by atoms with Crippen molar-refractivity contribution in [1.82, 2.24) is 4.57 Å². The van der Waals surface area contributed by atoms with Crippen LogP contribution in [0.3, 0.4) is 0 Å². The molecule has 4 aliphatic heterocycles. The zero-order valence-corrected chi connectivity index (χ0v) is 28.2. The molecule has 48 heavy (non-hydrogen) atoms. The van der Waals surface area contributed by atoms with Crippen LogP contribution in [0, 0.1) is 0 Å². The summed E-state index contributed by atoms with van der Waals surface area (Å²) in [5.74, 6) is 3.83. The van der Waals surface area contributed by atoms with Crippen LogP contribution in [0.5, 0.6) is 23.0 Å². The Hall–Kier alpha value is -5.00. The number of para-hydroxylation sites is 3. The second-order valence-electron chi connectivity index (χ2n) is 15.1. The molecule has 0 amide bonds. The maximum atomic E-state index is 6.86. The number of benzene rings is 6. The standard InChI is InChI=1S/C43H34BNO2Si/c1-43(2)19-20-48(25-27-21-31-30-13-6-8-15-35(30)45(29-11-4-3-5-12-29)36(31)22-28(27)26-48)41-24-40-34(23-32(41)43)44-33-14-7-9-16-37(33)46-38-17-10-18-39(47-40)42(38)44/h3-18,21-24H,19-20,25-26H2,1-2H3. The lowest BCUT2D eigenvalue weighted by Crippen LogP contribution is -2.61. The van der Waals surface area contributed by atoms with Gasteiger partial charge in [0.1, 0.15) is 23.0 Å². The van der Waals surface area contributed by atoms with Crippen LogP contribution in [0.2, 0.25) is 6.04 Å². The van der Waals surface area contributed by atoms with Crippen LogP contribution in [0.1, 0.15) is 37.0 Å². The number of hydrogen-bond acceptors (Lipinski definition) is 2. The minimum absolute atomic E-state index is 0.104. The number of hydrogen-bond donors (Lipinski definition) is 0. The largest absolute Gasteiger partial charge is 0.458 e. The minimum atomic E-state index is -1.94. The van der Waals surface area contributed by atoms with Gasteiger partial charge >= 0.3 is 0 Å². The van der Waals surface area contributed by atoms with E-state index in [-0.39, 0.29) is 12.1 Å². The molecule has 7 aromatic rings. The lowest BCUT2D eigenvalue weighted by atomic mass is 9.34. The second-order valence-corrected chi connectivity index (χ2v) is 19.4. The topological polar surface area (TPSA) is 23.4 Å². The zero-order chi connectivity index (χ0) is 31.8. The van der Waals surface area contributed by atoms with Gasteiger partial charge in [0, 0.05) is 21.9 Å². The van der Waals surface area contributed by atoms with Gasteiger partial charge in [0.2, 0.25) is 0 Å². The maximum Gasteiger partial charge on any atom is 0.260 e. The van der Waals surface area contributed by atoms with E-state index in [4.69, 9.17) is 9.47 Å². The van der Waals surface area contributed by atoms with Crippen LogP contribution in [0.15, 0.2) is 121 Å². The first kappa shape index (κ1) is 27.0. The molecule has 0 fully saturated rings. The van der Waals surface area contributed by atoms with Gasteiger partial charge in [0.25, 0.3) is 6.71 Å². The first-order valence-corrected chi connectivity index (χ1v) is 20.0. The Morgan fingerprint density at radius 2 is 1.33 bits per heavy atom. The van der Waals surface area contributed by atoms with Crippen molar-refractivity contribution in [3.63, 3.8) is 0 Å². The van der Waals surface area contributed by atoms with Gasteiger partial charge in [0.15, 0.2) is 0 Å². The predicted octanol–water partition coefficient (Wildman–Crippen LogP) is 7.73. The van der Waals surface area contributed by atoms with Crippen molar-refractivity contribution in [2.24, 2.45) is 0 Å². The summed E-state index contributed by atoms with van der Waals surface area (Å²) in [4.78, 5) is 0. The molecule has 5 heteroatoms. The Labute approximate surface area is 281 Å². The van der Waals surface area contributed by atoms with Gasteiger partial charge in [-0.2, -0.15) is 0 Å². The summed E-state index contributed by atoms with van der Waals surface area (Å²) in [5.41, 5.74) is 12.3. The summed E-state index contributed by atoms with van der Waals surface area (Å²) in [6.45, 7) is 5.04. The van der Waals surface area contributed by atoms with Crippen LogP contribution < -0.4 is 31.0 Å². The van der Waals surface area contributed by atoms with E-state index in [1.54, 1.807) is 21.9 Å². The molecule has 1 atom stereocenters. The summed E-state index contributed by atoms with van der Waals surface area (Å²) in [7, 11) is -1.94. The fourth-order valence-corrected chi connectivity index (χ4v) is 15.5. The smallest absolute Gasteiger partial charge is 0.260 e. The van der Waals surface area contributed by atoms with E-state index in [1.165, 1.54) is 63.0 Å². The van der Waals surface area contributed by atoms with E-state index in [0.29, 0.717) is 0 Å². The molecule has 3 nitrogen and oxygen atoms in total. The third-order valence-electron chi connectivity index (χ3n) is 12.0. The molecule has 0 saturated carbocycles. The highest BCUT2D eigenvalue weighted by Gasteiger charge is 2.50. The van der Waals surface area contributed by atoms with Gasteiger partial charge < -0.3 is 14.0 Å². The number of nitrogens with zero attached hydrogens (tertiary/aromatic N) is 1. The maximum absolute atomic E-state index is 6.86. The Bertz CT molecular complexity index is 2520. The minimum Gasteiger partial charge on any atom is -0.458 e. The molecule has 1 unspecified atom stereocenters. The molecule has 4 aliphatic rings. The quantitative estimate of drug-likeness (QED) is 0.173. The fourth-order valence-electron chi connectivity index (χ4n) is 9.69. The van der Waals surface area contributed by atoms with Crippen molar-refractivity contribution >= 4 is 58.2 Å². The summed E-state index contributed by atoms with van der Waals surface area (Å²) < 4.78 is 15.7. The van der Waals surface area contributed by atoms with Gasteiger partial charge in [-0.15, -0.1) is 0 Å². The van der Waals surface area contributed by atoms with E-state index < -0.39 is 8.07 Å². The van der Waals surface area contributed by atoms with Crippen molar-refractivity contribution in [2.75, 3.05) is 0 Å². The highest BCUT2D eigenvalue weighted by molar-refractivity contribution is 6.98. The lowest BCUT2D eigenvalue weighted by Gasteiger charge is -2.44. The molecule has 1 spiro atoms. The summed E-state index contributed by atoms with van der Waals surface area (Å²) in [6, 6.07) is 48.5. The Kier molecular flexibility index (Phi) is 5.25. The molecule has 5 heterocycles. The van der Waals surface area contributed by atoms with E-state index in [1.807, 2.05) is 0 Å². The average molecular weight is 636 g/mol. The highest BCUT2D eigenvalue weighted by atomic mass is 28.3. The molecule has 0 aliphatic carbocycles. The van der Waals surface area contributed by atoms with Crippen LogP contribution in [-0.4, -0.2) is 19.4 Å². The Morgan fingerprint density at radius 1 is 0.625 bits per heavy atom. The zero-order valence-electron chi connectivity index (χ0n) is 27.2. The van der Waals surface area contributed by atoms with Gasteiger partial charge in [-0.05, 0) is 106 Å². The average Bonchev–Trinajstić information content (AvgIpc) is 3.64. The molecule has 1 aromatic heterocycles. The van der Waals surface area contributed by atoms with Crippen molar-refractivity contribution in [2.45, 2.75) is 43.8 Å². The molecule has 230 valence electrons. The molecule has 0 saturated heterocycles. The van der Waals surface area contributed by atoms with Gasteiger partial charge in [-0.3, -0.25) is 0 Å². The first-order chi connectivity index (χ1) is 23.5. The monoisotopic (exact) mass is 635 g/mol. The van der Waals surface area contributed by atoms with Crippen LogP contribution in [0.4, 0.5) is 0 Å². The van der Waals surface area contributed by atoms with E-state index >= 15 is 0 Å². The van der Waals surface area contributed by atoms with Crippen LogP contribution in [0.25, 0.3) is 27.5 Å². The van der Waals surface area contributed by atoms with Crippen molar-refractivity contribution < 1.29 is 9.47 Å². The normalized spacial score (nSPS) is 19.2. The third-order valence-corrected chi connectivity index (χ3v) is 16.9. The number of rotatable bonds is 1. The van der Waals surface area contributed by atoms with Crippen molar-refractivity contribution in [3.8, 4) is 28.7 Å². The summed E-state index contributed by atoms with van der Waals surface area (Å²) >= 11 is 0. The molecule has 6 aromatic carbocycles.